The Morgan fingerprint density at radius 3 is 2.84 bits per heavy atom. The highest BCUT2D eigenvalue weighted by Gasteiger charge is 2.36. The van der Waals surface area contributed by atoms with E-state index in [4.69, 9.17) is 0 Å². The molecule has 0 aromatic carbocycles. The van der Waals surface area contributed by atoms with E-state index in [9.17, 15) is 18.0 Å². The number of carbonyl (C=O) groups excluding carboxylic acids is 1. The Balaban J connectivity index is 1.64. The second-order valence-electron chi connectivity index (χ2n) is 6.18. The summed E-state index contributed by atoms with van der Waals surface area (Å²) in [5.41, 5.74) is -0.889. The van der Waals surface area contributed by atoms with Crippen LogP contribution in [0, 0.1) is 0 Å². The van der Waals surface area contributed by atoms with Gasteiger partial charge in [-0.3, -0.25) is 9.48 Å². The van der Waals surface area contributed by atoms with Crippen molar-refractivity contribution in [3.63, 3.8) is 0 Å². The largest absolute Gasteiger partial charge is 0.434 e. The number of aromatic nitrogens is 5. The first-order valence-corrected chi connectivity index (χ1v) is 8.05. The maximum Gasteiger partial charge on any atom is 0.434 e. The third kappa shape index (κ3) is 3.99. The van der Waals surface area contributed by atoms with Crippen LogP contribution in [-0.4, -0.2) is 48.2 Å². The van der Waals surface area contributed by atoms with Crippen LogP contribution in [0.5, 0.6) is 0 Å². The van der Waals surface area contributed by atoms with Crippen molar-refractivity contribution in [3.05, 3.63) is 30.4 Å². The maximum atomic E-state index is 12.8. The molecule has 1 saturated heterocycles. The van der Waals surface area contributed by atoms with Gasteiger partial charge in [0.1, 0.15) is 18.5 Å². The van der Waals surface area contributed by atoms with E-state index in [1.165, 1.54) is 10.9 Å². The molecule has 25 heavy (non-hydrogen) atoms. The van der Waals surface area contributed by atoms with E-state index in [0.29, 0.717) is 25.5 Å². The standard InChI is InChI=1S/C15H19F3N6O/c1-22-8-12(15(16,17)18)21-14(22)11-3-2-5-23(7-11)13(25)4-6-24-10-19-9-20-24/h8-11H,2-7H2,1H3. The highest BCUT2D eigenvalue weighted by Crippen LogP contribution is 2.32. The Hall–Kier alpha value is -2.39. The van der Waals surface area contributed by atoms with Crippen molar-refractivity contribution in [1.82, 2.24) is 29.2 Å². The molecule has 1 aliphatic rings. The van der Waals surface area contributed by atoms with Crippen molar-refractivity contribution in [2.24, 2.45) is 7.05 Å². The molecule has 3 heterocycles. The summed E-state index contributed by atoms with van der Waals surface area (Å²) in [6.45, 7) is 1.43. The van der Waals surface area contributed by atoms with Crippen molar-refractivity contribution < 1.29 is 18.0 Å². The highest BCUT2D eigenvalue weighted by molar-refractivity contribution is 5.76. The predicted molar refractivity (Wildman–Crippen MR) is 81.4 cm³/mol. The molecule has 0 saturated carbocycles. The van der Waals surface area contributed by atoms with E-state index in [0.717, 1.165) is 19.0 Å². The lowest BCUT2D eigenvalue weighted by molar-refractivity contribution is -0.141. The summed E-state index contributed by atoms with van der Waals surface area (Å²) in [5.74, 6) is 0.150. The minimum atomic E-state index is -4.46. The minimum absolute atomic E-state index is 0.0366. The van der Waals surface area contributed by atoms with Gasteiger partial charge in [-0.05, 0) is 12.8 Å². The van der Waals surface area contributed by atoms with E-state index in [2.05, 4.69) is 15.1 Å². The van der Waals surface area contributed by atoms with Crippen LogP contribution in [0.4, 0.5) is 13.2 Å². The maximum absolute atomic E-state index is 12.8. The molecule has 1 atom stereocenters. The monoisotopic (exact) mass is 356 g/mol. The fourth-order valence-corrected chi connectivity index (χ4v) is 3.13. The molecule has 1 amide bonds. The number of halogens is 3. The molecule has 3 rings (SSSR count). The number of hydrogen-bond acceptors (Lipinski definition) is 4. The third-order valence-electron chi connectivity index (χ3n) is 4.36. The van der Waals surface area contributed by atoms with Gasteiger partial charge in [0.25, 0.3) is 0 Å². The molecule has 1 fully saturated rings. The van der Waals surface area contributed by atoms with Crippen LogP contribution in [0.1, 0.15) is 36.7 Å². The van der Waals surface area contributed by atoms with Crippen LogP contribution >= 0.6 is 0 Å². The van der Waals surface area contributed by atoms with Gasteiger partial charge in [-0.25, -0.2) is 9.97 Å². The second-order valence-corrected chi connectivity index (χ2v) is 6.18. The Morgan fingerprint density at radius 1 is 1.40 bits per heavy atom. The Labute approximate surface area is 142 Å². The molecule has 0 N–H and O–H groups in total. The fraction of sp³-hybridized carbons (Fsp3) is 0.600. The first kappa shape index (κ1) is 17.4. The number of imidazole rings is 1. The number of rotatable bonds is 4. The number of aryl methyl sites for hydroxylation is 2. The fourth-order valence-electron chi connectivity index (χ4n) is 3.13. The van der Waals surface area contributed by atoms with Crippen molar-refractivity contribution in [2.75, 3.05) is 13.1 Å². The van der Waals surface area contributed by atoms with Gasteiger partial charge >= 0.3 is 6.18 Å². The number of alkyl halides is 3. The summed E-state index contributed by atoms with van der Waals surface area (Å²) in [5, 5.41) is 3.95. The van der Waals surface area contributed by atoms with Crippen molar-refractivity contribution in [2.45, 2.75) is 37.9 Å². The molecule has 136 valence electrons. The average molecular weight is 356 g/mol. The van der Waals surface area contributed by atoms with Crippen LogP contribution in [0.2, 0.25) is 0 Å². The first-order chi connectivity index (χ1) is 11.8. The van der Waals surface area contributed by atoms with E-state index in [-0.39, 0.29) is 18.2 Å². The molecule has 0 bridgehead atoms. The SMILES string of the molecule is Cn1cc(C(F)(F)F)nc1C1CCCN(C(=O)CCn2cncn2)C1. The van der Waals surface area contributed by atoms with Gasteiger partial charge in [0, 0.05) is 38.7 Å². The first-order valence-electron chi connectivity index (χ1n) is 8.05. The molecule has 2 aromatic rings. The zero-order valence-electron chi connectivity index (χ0n) is 13.8. The molecule has 0 aliphatic carbocycles. The molecule has 2 aromatic heterocycles. The molecular formula is C15H19F3N6O. The van der Waals surface area contributed by atoms with Gasteiger partial charge in [-0.15, -0.1) is 0 Å². The lowest BCUT2D eigenvalue weighted by Gasteiger charge is -2.32. The summed E-state index contributed by atoms with van der Waals surface area (Å²) in [6.07, 6.45) is 1.23. The lowest BCUT2D eigenvalue weighted by Crippen LogP contribution is -2.40. The second kappa shape index (κ2) is 6.85. The van der Waals surface area contributed by atoms with E-state index >= 15 is 0 Å². The Bertz CT molecular complexity index is 724. The number of hydrogen-bond donors (Lipinski definition) is 0. The summed E-state index contributed by atoms with van der Waals surface area (Å²) in [7, 11) is 1.56. The lowest BCUT2D eigenvalue weighted by atomic mass is 9.97. The van der Waals surface area contributed by atoms with E-state index in [1.54, 1.807) is 23.0 Å². The van der Waals surface area contributed by atoms with Gasteiger partial charge in [0.15, 0.2) is 5.69 Å². The number of nitrogens with zero attached hydrogens (tertiary/aromatic N) is 6. The van der Waals surface area contributed by atoms with Crippen LogP contribution < -0.4 is 0 Å². The van der Waals surface area contributed by atoms with Crippen molar-refractivity contribution in [3.8, 4) is 0 Å². The van der Waals surface area contributed by atoms with Crippen LogP contribution in [0.15, 0.2) is 18.9 Å². The van der Waals surface area contributed by atoms with Crippen LogP contribution in [-0.2, 0) is 24.6 Å². The van der Waals surface area contributed by atoms with Gasteiger partial charge in [0.05, 0.1) is 6.54 Å². The Kier molecular flexibility index (Phi) is 4.78. The number of likely N-dealkylation sites (tertiary alicyclic amines) is 1. The molecule has 7 nitrogen and oxygen atoms in total. The molecular weight excluding hydrogens is 337 g/mol. The number of amides is 1. The Morgan fingerprint density at radius 2 is 2.20 bits per heavy atom. The average Bonchev–Trinajstić information content (AvgIpc) is 3.21. The number of carbonyl (C=O) groups is 1. The third-order valence-corrected chi connectivity index (χ3v) is 4.36. The molecule has 1 unspecified atom stereocenters. The van der Waals surface area contributed by atoms with Gasteiger partial charge in [0.2, 0.25) is 5.91 Å². The summed E-state index contributed by atoms with van der Waals surface area (Å²) in [4.78, 5) is 21.7. The zero-order chi connectivity index (χ0) is 18.0. The molecule has 0 spiro atoms. The zero-order valence-corrected chi connectivity index (χ0v) is 13.8. The summed E-state index contributed by atoms with van der Waals surface area (Å²) >= 11 is 0. The summed E-state index contributed by atoms with van der Waals surface area (Å²) < 4.78 is 41.5. The predicted octanol–water partition coefficient (Wildman–Crippen LogP) is 1.83. The van der Waals surface area contributed by atoms with E-state index in [1.807, 2.05) is 0 Å². The molecule has 1 aliphatic heterocycles. The quantitative estimate of drug-likeness (QED) is 0.838. The van der Waals surface area contributed by atoms with Crippen molar-refractivity contribution in [1.29, 1.82) is 0 Å². The number of piperidine rings is 1. The van der Waals surface area contributed by atoms with Crippen LogP contribution in [0.25, 0.3) is 0 Å². The highest BCUT2D eigenvalue weighted by atomic mass is 19.4. The molecule has 10 heteroatoms. The van der Waals surface area contributed by atoms with E-state index < -0.39 is 11.9 Å². The minimum Gasteiger partial charge on any atom is -0.342 e. The summed E-state index contributed by atoms with van der Waals surface area (Å²) in [6, 6.07) is 0. The van der Waals surface area contributed by atoms with Crippen LogP contribution in [0.3, 0.4) is 0 Å². The molecule has 0 radical (unpaired) electrons. The topological polar surface area (TPSA) is 68.8 Å². The van der Waals surface area contributed by atoms with Crippen molar-refractivity contribution >= 4 is 5.91 Å². The van der Waals surface area contributed by atoms with Gasteiger partial charge in [-0.1, -0.05) is 0 Å². The van der Waals surface area contributed by atoms with Gasteiger partial charge < -0.3 is 9.47 Å². The normalized spacial score (nSPS) is 18.6. The smallest absolute Gasteiger partial charge is 0.342 e. The van der Waals surface area contributed by atoms with Gasteiger partial charge in [-0.2, -0.15) is 18.3 Å².